The highest BCUT2D eigenvalue weighted by molar-refractivity contribution is 8.00. The number of anilines is 1. The zero-order chi connectivity index (χ0) is 21.7. The zero-order valence-corrected chi connectivity index (χ0v) is 17.2. The number of hydrogen-bond acceptors (Lipinski definition) is 6. The molecule has 1 aromatic heterocycles. The fraction of sp³-hybridized carbons (Fsp3) is 0.250. The number of nitrogens with one attached hydrogen (secondary N) is 1. The van der Waals surface area contributed by atoms with Crippen molar-refractivity contribution in [3.8, 4) is 0 Å². The molecule has 0 fully saturated rings. The standard InChI is InChI=1S/C20H20FN5O3S/c1-3-25-18(11-14-7-5-4-6-8-14)23-24-20(25)30-13(2)19(27)22-15-9-10-16(21)17(12-15)26(28)29/h4-10,12-13H,3,11H2,1-2H3,(H,22,27). The molecule has 0 saturated carbocycles. The Morgan fingerprint density at radius 3 is 2.67 bits per heavy atom. The van der Waals surface area contributed by atoms with Gasteiger partial charge < -0.3 is 9.88 Å². The predicted molar refractivity (Wildman–Crippen MR) is 112 cm³/mol. The van der Waals surface area contributed by atoms with E-state index in [2.05, 4.69) is 15.5 Å². The monoisotopic (exact) mass is 429 g/mol. The van der Waals surface area contributed by atoms with Crippen LogP contribution in [-0.4, -0.2) is 30.8 Å². The van der Waals surface area contributed by atoms with Gasteiger partial charge in [-0.2, -0.15) is 4.39 Å². The van der Waals surface area contributed by atoms with Crippen LogP contribution >= 0.6 is 11.8 Å². The largest absolute Gasteiger partial charge is 0.325 e. The molecule has 1 amide bonds. The van der Waals surface area contributed by atoms with E-state index in [4.69, 9.17) is 0 Å². The van der Waals surface area contributed by atoms with Crippen LogP contribution < -0.4 is 5.32 Å². The third-order valence-electron chi connectivity index (χ3n) is 4.38. The number of halogens is 1. The van der Waals surface area contributed by atoms with Gasteiger partial charge in [0.2, 0.25) is 11.7 Å². The molecule has 1 N–H and O–H groups in total. The van der Waals surface area contributed by atoms with Crippen LogP contribution in [0.15, 0.2) is 53.7 Å². The summed E-state index contributed by atoms with van der Waals surface area (Å²) >= 11 is 1.24. The summed E-state index contributed by atoms with van der Waals surface area (Å²) in [6, 6.07) is 13.1. The van der Waals surface area contributed by atoms with Crippen molar-refractivity contribution in [3.05, 3.63) is 75.9 Å². The second-order valence-electron chi connectivity index (χ2n) is 6.48. The van der Waals surface area contributed by atoms with E-state index in [1.165, 1.54) is 17.8 Å². The lowest BCUT2D eigenvalue weighted by molar-refractivity contribution is -0.387. The Morgan fingerprint density at radius 1 is 1.27 bits per heavy atom. The summed E-state index contributed by atoms with van der Waals surface area (Å²) in [6.07, 6.45) is 0.627. The van der Waals surface area contributed by atoms with Crippen LogP contribution in [0.3, 0.4) is 0 Å². The summed E-state index contributed by atoms with van der Waals surface area (Å²) < 4.78 is 15.4. The van der Waals surface area contributed by atoms with Gasteiger partial charge in [0.25, 0.3) is 0 Å². The smallest absolute Gasteiger partial charge is 0.306 e. The maximum absolute atomic E-state index is 13.5. The van der Waals surface area contributed by atoms with Gasteiger partial charge in [0.15, 0.2) is 5.16 Å². The van der Waals surface area contributed by atoms with Crippen LogP contribution in [0, 0.1) is 15.9 Å². The SMILES string of the molecule is CCn1c(Cc2ccccc2)nnc1SC(C)C(=O)Nc1ccc(F)c([N+](=O)[O-])c1. The Balaban J connectivity index is 1.69. The highest BCUT2D eigenvalue weighted by Gasteiger charge is 2.21. The number of amides is 1. The number of benzene rings is 2. The average molecular weight is 429 g/mol. The van der Waals surface area contributed by atoms with Crippen LogP contribution in [0.1, 0.15) is 25.2 Å². The summed E-state index contributed by atoms with van der Waals surface area (Å²) in [6.45, 7) is 4.32. The molecular weight excluding hydrogens is 409 g/mol. The molecule has 0 radical (unpaired) electrons. The van der Waals surface area contributed by atoms with Gasteiger partial charge in [-0.15, -0.1) is 10.2 Å². The number of rotatable bonds is 8. The van der Waals surface area contributed by atoms with Gasteiger partial charge in [0.1, 0.15) is 5.82 Å². The van der Waals surface area contributed by atoms with Crippen molar-refractivity contribution in [1.29, 1.82) is 0 Å². The molecule has 30 heavy (non-hydrogen) atoms. The first kappa shape index (κ1) is 21.4. The Bertz CT molecular complexity index is 1060. The van der Waals surface area contributed by atoms with Crippen molar-refractivity contribution >= 4 is 29.0 Å². The summed E-state index contributed by atoms with van der Waals surface area (Å²) in [5.41, 5.74) is 0.575. The van der Waals surface area contributed by atoms with Crippen LogP contribution in [0.4, 0.5) is 15.8 Å². The van der Waals surface area contributed by atoms with Crippen molar-refractivity contribution < 1.29 is 14.1 Å². The van der Waals surface area contributed by atoms with Crippen molar-refractivity contribution in [2.45, 2.75) is 37.2 Å². The molecule has 0 aliphatic rings. The van der Waals surface area contributed by atoms with E-state index >= 15 is 0 Å². The fourth-order valence-electron chi connectivity index (χ4n) is 2.82. The maximum atomic E-state index is 13.5. The zero-order valence-electron chi connectivity index (χ0n) is 16.4. The maximum Gasteiger partial charge on any atom is 0.306 e. The molecular formula is C20H20FN5O3S. The van der Waals surface area contributed by atoms with Crippen molar-refractivity contribution in [2.75, 3.05) is 5.32 Å². The second-order valence-corrected chi connectivity index (χ2v) is 7.79. The molecule has 1 atom stereocenters. The van der Waals surface area contributed by atoms with Crippen LogP contribution in [0.5, 0.6) is 0 Å². The number of carbonyl (C=O) groups is 1. The first-order valence-corrected chi connectivity index (χ1v) is 10.1. The van der Waals surface area contributed by atoms with Gasteiger partial charge in [-0.3, -0.25) is 14.9 Å². The van der Waals surface area contributed by atoms with Gasteiger partial charge in [0.05, 0.1) is 10.2 Å². The van der Waals surface area contributed by atoms with Crippen molar-refractivity contribution in [2.24, 2.45) is 0 Å². The summed E-state index contributed by atoms with van der Waals surface area (Å²) in [7, 11) is 0. The summed E-state index contributed by atoms with van der Waals surface area (Å²) in [5.74, 6) is -0.536. The van der Waals surface area contributed by atoms with Gasteiger partial charge >= 0.3 is 5.69 Å². The van der Waals surface area contributed by atoms with Gasteiger partial charge in [-0.1, -0.05) is 42.1 Å². The lowest BCUT2D eigenvalue weighted by atomic mass is 10.1. The minimum absolute atomic E-state index is 0.155. The number of carbonyl (C=O) groups excluding carboxylic acids is 1. The van der Waals surface area contributed by atoms with E-state index in [0.717, 1.165) is 23.5 Å². The normalized spacial score (nSPS) is 11.8. The first-order chi connectivity index (χ1) is 14.4. The second kappa shape index (κ2) is 9.49. The highest BCUT2D eigenvalue weighted by atomic mass is 32.2. The molecule has 0 aliphatic heterocycles. The third kappa shape index (κ3) is 5.01. The molecule has 0 spiro atoms. The van der Waals surface area contributed by atoms with E-state index in [1.54, 1.807) is 6.92 Å². The fourth-order valence-corrected chi connectivity index (χ4v) is 3.75. The number of aromatic nitrogens is 3. The Labute approximate surface area is 176 Å². The minimum atomic E-state index is -0.956. The lowest BCUT2D eigenvalue weighted by Crippen LogP contribution is -2.23. The molecule has 0 aliphatic carbocycles. The number of nitro groups is 1. The van der Waals surface area contributed by atoms with Gasteiger partial charge in [-0.05, 0) is 31.5 Å². The van der Waals surface area contributed by atoms with E-state index in [1.807, 2.05) is 41.8 Å². The first-order valence-electron chi connectivity index (χ1n) is 9.26. The summed E-state index contributed by atoms with van der Waals surface area (Å²) in [4.78, 5) is 22.6. The number of hydrogen-bond donors (Lipinski definition) is 1. The molecule has 3 aromatic rings. The molecule has 8 nitrogen and oxygen atoms in total. The Hall–Kier alpha value is -3.27. The van der Waals surface area contributed by atoms with Crippen molar-refractivity contribution in [1.82, 2.24) is 14.8 Å². The molecule has 0 saturated heterocycles. The van der Waals surface area contributed by atoms with Crippen LogP contribution in [0.25, 0.3) is 0 Å². The molecule has 10 heteroatoms. The Morgan fingerprint density at radius 2 is 2.00 bits per heavy atom. The lowest BCUT2D eigenvalue weighted by Gasteiger charge is -2.13. The predicted octanol–water partition coefficient (Wildman–Crippen LogP) is 4.06. The molecule has 0 bridgehead atoms. The molecule has 1 heterocycles. The van der Waals surface area contributed by atoms with Crippen LogP contribution in [-0.2, 0) is 17.8 Å². The van der Waals surface area contributed by atoms with E-state index in [-0.39, 0.29) is 11.6 Å². The molecule has 1 unspecified atom stereocenters. The topological polar surface area (TPSA) is 103 Å². The quantitative estimate of drug-likeness (QED) is 0.329. The van der Waals surface area contributed by atoms with Gasteiger partial charge in [0, 0.05) is 24.7 Å². The van der Waals surface area contributed by atoms with E-state index in [9.17, 15) is 19.3 Å². The third-order valence-corrected chi connectivity index (χ3v) is 5.46. The van der Waals surface area contributed by atoms with Crippen LogP contribution in [0.2, 0.25) is 0 Å². The Kier molecular flexibility index (Phi) is 6.78. The summed E-state index contributed by atoms with van der Waals surface area (Å²) in [5, 5.41) is 22.0. The van der Waals surface area contributed by atoms with Gasteiger partial charge in [-0.25, -0.2) is 0 Å². The number of thioether (sulfide) groups is 1. The average Bonchev–Trinajstić information content (AvgIpc) is 3.10. The highest BCUT2D eigenvalue weighted by Crippen LogP contribution is 2.26. The minimum Gasteiger partial charge on any atom is -0.325 e. The number of nitrogens with zero attached hydrogens (tertiary/aromatic N) is 4. The number of nitro benzene ring substituents is 1. The molecule has 3 rings (SSSR count). The van der Waals surface area contributed by atoms with E-state index < -0.39 is 21.7 Å². The molecule has 2 aromatic carbocycles. The van der Waals surface area contributed by atoms with E-state index in [0.29, 0.717) is 18.1 Å². The van der Waals surface area contributed by atoms with Crippen molar-refractivity contribution in [3.63, 3.8) is 0 Å². The molecule has 156 valence electrons.